The molecule has 2 saturated heterocycles. The van der Waals surface area contributed by atoms with E-state index < -0.39 is 0 Å². The van der Waals surface area contributed by atoms with Crippen LogP contribution in [0, 0.1) is 0 Å². The van der Waals surface area contributed by atoms with E-state index in [0.29, 0.717) is 24.2 Å². The first-order valence-corrected chi connectivity index (χ1v) is 6.44. The van der Waals surface area contributed by atoms with Crippen molar-refractivity contribution in [3.8, 4) is 0 Å². The molecule has 90 valence electrons. The summed E-state index contributed by atoms with van der Waals surface area (Å²) in [4.78, 5) is 2.52. The molecule has 3 N–H and O–H groups in total. The molecule has 2 aliphatic carbocycles. The van der Waals surface area contributed by atoms with Crippen LogP contribution in [0.3, 0.4) is 0 Å². The zero-order chi connectivity index (χ0) is 11.4. The molecule has 0 aromatic heterocycles. The summed E-state index contributed by atoms with van der Waals surface area (Å²) in [6.07, 6.45) is 15.9. The van der Waals surface area contributed by atoms with Crippen molar-refractivity contribution in [1.82, 2.24) is 15.2 Å². The molecule has 17 heavy (non-hydrogen) atoms. The smallest absolute Gasteiger partial charge is 0.131 e. The molecule has 2 fully saturated rings. The first-order valence-electron chi connectivity index (χ1n) is 6.44. The van der Waals surface area contributed by atoms with Crippen molar-refractivity contribution in [3.05, 3.63) is 36.5 Å². The van der Waals surface area contributed by atoms with Crippen molar-refractivity contribution in [2.24, 2.45) is 5.84 Å². The number of allylic oxidation sites excluding steroid dienone is 3. The van der Waals surface area contributed by atoms with Gasteiger partial charge in [-0.15, -0.1) is 0 Å². The summed E-state index contributed by atoms with van der Waals surface area (Å²) in [5, 5.41) is 5.64. The van der Waals surface area contributed by atoms with E-state index in [1.807, 2.05) is 5.01 Å². The van der Waals surface area contributed by atoms with Crippen LogP contribution in [0.15, 0.2) is 36.5 Å². The molecule has 0 saturated carbocycles. The number of hydrazine groups is 1. The molecule has 4 rings (SSSR count). The Morgan fingerprint density at radius 2 is 2.00 bits per heavy atom. The standard InChI is InChI=1S/C13H18N4/c14-17-12-8-4-3-7-11(12)16-10-6-2-1-5-9(10)15-13(16)17/h1-3,5-7,9-13,15H,4,8,14H2. The van der Waals surface area contributed by atoms with Gasteiger partial charge < -0.3 is 0 Å². The second-order valence-electron chi connectivity index (χ2n) is 5.28. The van der Waals surface area contributed by atoms with E-state index in [0.717, 1.165) is 6.42 Å². The fourth-order valence-corrected chi connectivity index (χ4v) is 3.66. The molecule has 2 heterocycles. The lowest BCUT2D eigenvalue weighted by molar-refractivity contribution is 0.125. The van der Waals surface area contributed by atoms with Crippen LogP contribution in [0.25, 0.3) is 0 Å². The minimum absolute atomic E-state index is 0.190. The summed E-state index contributed by atoms with van der Waals surface area (Å²) in [5.41, 5.74) is 0. The van der Waals surface area contributed by atoms with Gasteiger partial charge in [-0.05, 0) is 12.8 Å². The van der Waals surface area contributed by atoms with E-state index in [-0.39, 0.29) is 6.29 Å². The lowest BCUT2D eigenvalue weighted by atomic mass is 9.94. The van der Waals surface area contributed by atoms with Crippen LogP contribution in [-0.4, -0.2) is 40.4 Å². The van der Waals surface area contributed by atoms with Gasteiger partial charge in [0.2, 0.25) is 0 Å². The van der Waals surface area contributed by atoms with Gasteiger partial charge in [0.1, 0.15) is 6.29 Å². The third-order valence-corrected chi connectivity index (χ3v) is 4.44. The Kier molecular flexibility index (Phi) is 2.08. The normalized spacial score (nSPS) is 48.2. The molecule has 0 bridgehead atoms. The molecule has 0 radical (unpaired) electrons. The van der Waals surface area contributed by atoms with Gasteiger partial charge >= 0.3 is 0 Å². The maximum absolute atomic E-state index is 6.28. The first kappa shape index (κ1) is 10.0. The average Bonchev–Trinajstić information content (AvgIpc) is 2.88. The molecule has 4 aliphatic rings. The Balaban J connectivity index is 1.72. The van der Waals surface area contributed by atoms with Crippen molar-refractivity contribution >= 4 is 0 Å². The van der Waals surface area contributed by atoms with Crippen molar-refractivity contribution in [3.63, 3.8) is 0 Å². The predicted octanol–water partition coefficient (Wildman–Crippen LogP) is 0.315. The maximum Gasteiger partial charge on any atom is 0.131 e. The fourth-order valence-electron chi connectivity index (χ4n) is 3.66. The number of nitrogens with two attached hydrogens (primary N) is 1. The maximum atomic E-state index is 6.28. The Morgan fingerprint density at radius 3 is 2.94 bits per heavy atom. The van der Waals surface area contributed by atoms with E-state index >= 15 is 0 Å². The zero-order valence-corrected chi connectivity index (χ0v) is 9.74. The third kappa shape index (κ3) is 1.27. The van der Waals surface area contributed by atoms with Gasteiger partial charge in [0.15, 0.2) is 0 Å². The number of nitrogens with one attached hydrogen (secondary N) is 1. The third-order valence-electron chi connectivity index (χ3n) is 4.44. The van der Waals surface area contributed by atoms with Crippen LogP contribution in [0.5, 0.6) is 0 Å². The lowest BCUT2D eigenvalue weighted by Gasteiger charge is -2.31. The highest BCUT2D eigenvalue weighted by Gasteiger charge is 2.53. The topological polar surface area (TPSA) is 44.5 Å². The summed E-state index contributed by atoms with van der Waals surface area (Å²) in [6.45, 7) is 0. The minimum atomic E-state index is 0.190. The molecule has 4 heteroatoms. The summed E-state index contributed by atoms with van der Waals surface area (Å²) in [7, 11) is 0. The summed E-state index contributed by atoms with van der Waals surface area (Å²) in [5.74, 6) is 6.28. The van der Waals surface area contributed by atoms with Crippen LogP contribution in [-0.2, 0) is 0 Å². The Labute approximate surface area is 101 Å². The van der Waals surface area contributed by atoms with E-state index in [9.17, 15) is 0 Å². The molecule has 0 spiro atoms. The average molecular weight is 230 g/mol. The van der Waals surface area contributed by atoms with E-state index in [1.165, 1.54) is 6.42 Å². The van der Waals surface area contributed by atoms with Crippen molar-refractivity contribution in [1.29, 1.82) is 0 Å². The second-order valence-corrected chi connectivity index (χ2v) is 5.28. The molecule has 5 atom stereocenters. The summed E-state index contributed by atoms with van der Waals surface area (Å²) >= 11 is 0. The Morgan fingerprint density at radius 1 is 1.12 bits per heavy atom. The highest BCUT2D eigenvalue weighted by Crippen LogP contribution is 2.37. The van der Waals surface area contributed by atoms with E-state index in [4.69, 9.17) is 5.84 Å². The van der Waals surface area contributed by atoms with Gasteiger partial charge in [-0.2, -0.15) is 0 Å². The lowest BCUT2D eigenvalue weighted by Crippen LogP contribution is -2.51. The number of nitrogens with zero attached hydrogens (tertiary/aromatic N) is 2. The van der Waals surface area contributed by atoms with Crippen LogP contribution in [0.2, 0.25) is 0 Å². The summed E-state index contributed by atoms with van der Waals surface area (Å²) < 4.78 is 0. The predicted molar refractivity (Wildman–Crippen MR) is 66.6 cm³/mol. The van der Waals surface area contributed by atoms with E-state index in [2.05, 4.69) is 46.7 Å². The highest BCUT2D eigenvalue weighted by molar-refractivity contribution is 5.27. The Bertz CT molecular complexity index is 414. The van der Waals surface area contributed by atoms with Crippen LogP contribution >= 0.6 is 0 Å². The molecule has 4 nitrogen and oxygen atoms in total. The first-order chi connectivity index (χ1) is 8.36. The fraction of sp³-hybridized carbons (Fsp3) is 0.538. The molecule has 5 unspecified atom stereocenters. The van der Waals surface area contributed by atoms with E-state index in [1.54, 1.807) is 0 Å². The summed E-state index contributed by atoms with van der Waals surface area (Å²) in [6, 6.07) is 1.80. The van der Waals surface area contributed by atoms with Crippen LogP contribution < -0.4 is 11.2 Å². The SMILES string of the molecule is NN1C2CCC=CC2N2C3C=CC=CC3NC12. The molecule has 0 aromatic carbocycles. The molecular formula is C13H18N4. The van der Waals surface area contributed by atoms with Gasteiger partial charge in [-0.25, -0.2) is 5.01 Å². The molecule has 2 aliphatic heterocycles. The van der Waals surface area contributed by atoms with Gasteiger partial charge in [0.25, 0.3) is 0 Å². The quantitative estimate of drug-likeness (QED) is 0.464. The van der Waals surface area contributed by atoms with Crippen molar-refractivity contribution in [2.45, 2.75) is 43.3 Å². The second kappa shape index (κ2) is 3.53. The van der Waals surface area contributed by atoms with Gasteiger partial charge in [0.05, 0.1) is 6.04 Å². The highest BCUT2D eigenvalue weighted by atomic mass is 15.7. The Hall–Kier alpha value is -0.940. The van der Waals surface area contributed by atoms with Crippen LogP contribution in [0.4, 0.5) is 0 Å². The number of hydrogen-bond donors (Lipinski definition) is 2. The number of fused-ring (bicyclic) bond motifs is 5. The van der Waals surface area contributed by atoms with Crippen LogP contribution in [0.1, 0.15) is 12.8 Å². The van der Waals surface area contributed by atoms with Gasteiger partial charge in [-0.3, -0.25) is 16.1 Å². The minimum Gasteiger partial charge on any atom is -0.280 e. The van der Waals surface area contributed by atoms with Crippen molar-refractivity contribution in [2.75, 3.05) is 0 Å². The monoisotopic (exact) mass is 230 g/mol. The van der Waals surface area contributed by atoms with Gasteiger partial charge in [-0.1, -0.05) is 36.5 Å². The number of hydrogen-bond acceptors (Lipinski definition) is 4. The number of rotatable bonds is 0. The largest absolute Gasteiger partial charge is 0.280 e. The molecule has 0 amide bonds. The van der Waals surface area contributed by atoms with Crippen molar-refractivity contribution < 1.29 is 0 Å². The zero-order valence-electron chi connectivity index (χ0n) is 9.74. The molecular weight excluding hydrogens is 212 g/mol. The van der Waals surface area contributed by atoms with Gasteiger partial charge in [0, 0.05) is 18.1 Å². The molecule has 0 aromatic rings.